The first kappa shape index (κ1) is 25.9. The van der Waals surface area contributed by atoms with Gasteiger partial charge in [-0.1, -0.05) is 11.2 Å². The third-order valence-electron chi connectivity index (χ3n) is 7.28. The van der Waals surface area contributed by atoms with E-state index in [0.717, 1.165) is 48.4 Å². The van der Waals surface area contributed by atoms with Crippen LogP contribution in [0.1, 0.15) is 65.0 Å². The molecule has 1 aromatic carbocycles. The summed E-state index contributed by atoms with van der Waals surface area (Å²) in [6, 6.07) is 6.53. The number of aromatic nitrogens is 1. The molecule has 194 valence electrons. The minimum Gasteiger partial charge on any atom is -0.487 e. The van der Waals surface area contributed by atoms with Crippen LogP contribution in [0.3, 0.4) is 0 Å². The van der Waals surface area contributed by atoms with Gasteiger partial charge in [0, 0.05) is 37.9 Å². The lowest BCUT2D eigenvalue weighted by Crippen LogP contribution is -2.57. The monoisotopic (exact) mass is 504 g/mol. The number of piperazine rings is 1. The fourth-order valence-corrected chi connectivity index (χ4v) is 5.18. The van der Waals surface area contributed by atoms with Crippen molar-refractivity contribution in [3.8, 4) is 5.75 Å². The number of halogens is 3. The van der Waals surface area contributed by atoms with Crippen molar-refractivity contribution in [2.24, 2.45) is 5.16 Å². The van der Waals surface area contributed by atoms with Crippen LogP contribution in [0.4, 0.5) is 13.2 Å². The summed E-state index contributed by atoms with van der Waals surface area (Å²) in [5.74, 6) is 0.473. The van der Waals surface area contributed by atoms with E-state index in [1.165, 1.54) is 11.6 Å². The van der Waals surface area contributed by atoms with Crippen molar-refractivity contribution in [1.29, 1.82) is 0 Å². The molecule has 4 rings (SSSR count). The Morgan fingerprint density at radius 1 is 1.17 bits per heavy atom. The first-order valence-corrected chi connectivity index (χ1v) is 12.1. The molecule has 2 aliphatic heterocycles. The topological polar surface area (TPSA) is 78.3 Å². The molecule has 2 saturated heterocycles. The van der Waals surface area contributed by atoms with Gasteiger partial charge in [-0.05, 0) is 74.9 Å². The maximum atomic E-state index is 13.0. The number of carbonyl (C=O) groups excluding carboxylic acids is 1. The van der Waals surface area contributed by atoms with Gasteiger partial charge < -0.3 is 14.8 Å². The molecule has 7 nitrogen and oxygen atoms in total. The van der Waals surface area contributed by atoms with Crippen LogP contribution in [-0.4, -0.2) is 63.9 Å². The number of pyridine rings is 1. The summed E-state index contributed by atoms with van der Waals surface area (Å²) in [7, 11) is 0. The number of piperidine rings is 1. The first-order chi connectivity index (χ1) is 17.1. The summed E-state index contributed by atoms with van der Waals surface area (Å²) in [6.45, 7) is 7.75. The first-order valence-electron chi connectivity index (χ1n) is 12.1. The Morgan fingerprint density at radius 3 is 2.61 bits per heavy atom. The predicted molar refractivity (Wildman–Crippen MR) is 129 cm³/mol. The summed E-state index contributed by atoms with van der Waals surface area (Å²) in [5.41, 5.74) is 3.11. The fraction of sp³-hybridized carbons (Fsp3) is 0.500. The molecule has 1 aromatic heterocycles. The number of rotatable bonds is 5. The molecule has 1 amide bonds. The summed E-state index contributed by atoms with van der Waals surface area (Å²) in [4.78, 5) is 20.6. The Labute approximate surface area is 208 Å². The molecule has 3 heterocycles. The van der Waals surface area contributed by atoms with E-state index in [0.29, 0.717) is 25.3 Å². The molecule has 0 spiro atoms. The lowest BCUT2D eigenvalue weighted by molar-refractivity contribution is -0.141. The number of hydrogen-bond acceptors (Lipinski definition) is 6. The standard InChI is InChI=1S/C26H31F3N4O3/c1-16(31-35)15-36-23-9-8-21(17(2)18(23)3)22-6-4-5-20-14-32(11-12-33(20)22)25(34)19-7-10-24(30-13-19)26(27,28)29/h7-10,13,20,22,35H,4-6,11-12,14-15H2,1-3H3/b31-16-/t20-,22+/m0/s1. The van der Waals surface area contributed by atoms with Crippen LogP contribution in [0.5, 0.6) is 5.75 Å². The Hall–Kier alpha value is -3.14. The average Bonchev–Trinajstić information content (AvgIpc) is 2.88. The van der Waals surface area contributed by atoms with E-state index in [-0.39, 0.29) is 30.2 Å². The average molecular weight is 505 g/mol. The van der Waals surface area contributed by atoms with Gasteiger partial charge in [0.2, 0.25) is 0 Å². The van der Waals surface area contributed by atoms with Gasteiger partial charge in [-0.25, -0.2) is 0 Å². The predicted octanol–water partition coefficient (Wildman–Crippen LogP) is 5.00. The van der Waals surface area contributed by atoms with Crippen molar-refractivity contribution in [1.82, 2.24) is 14.8 Å². The lowest BCUT2D eigenvalue weighted by Gasteiger charge is -2.48. The van der Waals surface area contributed by atoms with E-state index in [1.54, 1.807) is 11.8 Å². The maximum Gasteiger partial charge on any atom is 0.433 e. The molecular weight excluding hydrogens is 473 g/mol. The van der Waals surface area contributed by atoms with Gasteiger partial charge in [0.05, 0.1) is 11.3 Å². The van der Waals surface area contributed by atoms with Crippen LogP contribution in [0, 0.1) is 13.8 Å². The SMILES string of the molecule is C/C(COc1ccc([C@H]2CCC[C@H]3CN(C(=O)c4ccc(C(F)(F)F)nc4)CCN32)c(C)c1C)=N/O. The number of fused-ring (bicyclic) bond motifs is 1. The molecule has 0 aliphatic carbocycles. The van der Waals surface area contributed by atoms with Gasteiger partial charge in [-0.3, -0.25) is 14.7 Å². The second-order valence-corrected chi connectivity index (χ2v) is 9.55. The van der Waals surface area contributed by atoms with E-state index in [9.17, 15) is 18.0 Å². The Morgan fingerprint density at radius 2 is 1.94 bits per heavy atom. The van der Waals surface area contributed by atoms with Gasteiger partial charge in [0.25, 0.3) is 5.91 Å². The number of oxime groups is 1. The molecule has 0 unspecified atom stereocenters. The minimum absolute atomic E-state index is 0.173. The van der Waals surface area contributed by atoms with E-state index < -0.39 is 11.9 Å². The van der Waals surface area contributed by atoms with Gasteiger partial charge in [-0.2, -0.15) is 13.2 Å². The van der Waals surface area contributed by atoms with Gasteiger partial charge in [0.15, 0.2) is 0 Å². The molecule has 2 aliphatic rings. The largest absolute Gasteiger partial charge is 0.487 e. The molecule has 2 atom stereocenters. The van der Waals surface area contributed by atoms with Crippen LogP contribution >= 0.6 is 0 Å². The second kappa shape index (κ2) is 10.5. The third kappa shape index (κ3) is 5.33. The van der Waals surface area contributed by atoms with Crippen LogP contribution in [0.15, 0.2) is 35.6 Å². The molecule has 36 heavy (non-hydrogen) atoms. The number of nitrogens with zero attached hydrogens (tertiary/aromatic N) is 4. The molecule has 2 fully saturated rings. The van der Waals surface area contributed by atoms with Crippen molar-refractivity contribution in [2.75, 3.05) is 26.2 Å². The summed E-state index contributed by atoms with van der Waals surface area (Å²) in [6.07, 6.45) is -0.504. The molecule has 0 bridgehead atoms. The summed E-state index contributed by atoms with van der Waals surface area (Å²) >= 11 is 0. The molecule has 1 N–H and O–H groups in total. The lowest BCUT2D eigenvalue weighted by atomic mass is 9.86. The Balaban J connectivity index is 1.46. The van der Waals surface area contributed by atoms with Crippen molar-refractivity contribution in [3.05, 3.63) is 58.4 Å². The Kier molecular flexibility index (Phi) is 7.54. The maximum absolute atomic E-state index is 13.0. The number of ether oxygens (including phenoxy) is 1. The Bertz CT molecular complexity index is 1130. The van der Waals surface area contributed by atoms with Crippen LogP contribution < -0.4 is 4.74 Å². The van der Waals surface area contributed by atoms with Gasteiger partial charge >= 0.3 is 6.18 Å². The van der Waals surface area contributed by atoms with Crippen molar-refractivity contribution in [2.45, 2.75) is 58.3 Å². The zero-order chi connectivity index (χ0) is 26.0. The van der Waals surface area contributed by atoms with E-state index in [2.05, 4.69) is 28.0 Å². The van der Waals surface area contributed by atoms with E-state index >= 15 is 0 Å². The van der Waals surface area contributed by atoms with Gasteiger partial charge in [-0.15, -0.1) is 0 Å². The smallest absolute Gasteiger partial charge is 0.433 e. The van der Waals surface area contributed by atoms with E-state index in [4.69, 9.17) is 9.94 Å². The number of carbonyl (C=O) groups is 1. The second-order valence-electron chi connectivity index (χ2n) is 9.55. The number of benzene rings is 1. The van der Waals surface area contributed by atoms with Crippen LogP contribution in [0.2, 0.25) is 0 Å². The molecular formula is C26H31F3N4O3. The highest BCUT2D eigenvalue weighted by molar-refractivity contribution is 5.94. The highest BCUT2D eigenvalue weighted by atomic mass is 19.4. The summed E-state index contributed by atoms with van der Waals surface area (Å²) in [5, 5.41) is 12.0. The highest BCUT2D eigenvalue weighted by Crippen LogP contribution is 2.39. The van der Waals surface area contributed by atoms with Gasteiger partial charge in [0.1, 0.15) is 18.1 Å². The number of alkyl halides is 3. The van der Waals surface area contributed by atoms with E-state index in [1.807, 2.05) is 13.0 Å². The third-order valence-corrected chi connectivity index (χ3v) is 7.28. The molecule has 10 heteroatoms. The van der Waals surface area contributed by atoms with Crippen molar-refractivity contribution < 1.29 is 27.9 Å². The quantitative estimate of drug-likeness (QED) is 0.352. The normalized spacial score (nSPS) is 21.3. The number of amides is 1. The highest BCUT2D eigenvalue weighted by Gasteiger charge is 2.38. The fourth-order valence-electron chi connectivity index (χ4n) is 5.18. The van der Waals surface area contributed by atoms with Crippen LogP contribution in [0.25, 0.3) is 0 Å². The van der Waals surface area contributed by atoms with Crippen molar-refractivity contribution in [3.63, 3.8) is 0 Å². The molecule has 2 aromatic rings. The molecule has 0 saturated carbocycles. The zero-order valence-electron chi connectivity index (χ0n) is 20.7. The van der Waals surface area contributed by atoms with Crippen molar-refractivity contribution >= 4 is 11.6 Å². The molecule has 0 radical (unpaired) electrons. The zero-order valence-corrected chi connectivity index (χ0v) is 20.7. The van der Waals surface area contributed by atoms with Crippen LogP contribution in [-0.2, 0) is 6.18 Å². The number of hydrogen-bond donors (Lipinski definition) is 1. The summed E-state index contributed by atoms with van der Waals surface area (Å²) < 4.78 is 44.3. The minimum atomic E-state index is -4.53.